The zero-order valence-electron chi connectivity index (χ0n) is 16.7. The molecule has 1 amide bonds. The van der Waals surface area contributed by atoms with Crippen LogP contribution in [0.4, 0.5) is 11.4 Å². The normalized spacial score (nSPS) is 14.4. The van der Waals surface area contributed by atoms with Crippen molar-refractivity contribution in [2.24, 2.45) is 5.41 Å². The molecule has 1 N–H and O–H groups in total. The van der Waals surface area contributed by atoms with Crippen molar-refractivity contribution in [2.75, 3.05) is 23.3 Å². The number of nitrogens with one attached hydrogen (secondary N) is 1. The van der Waals surface area contributed by atoms with Gasteiger partial charge in [0.05, 0.1) is 17.7 Å². The van der Waals surface area contributed by atoms with Crippen molar-refractivity contribution in [3.8, 4) is 5.75 Å². The van der Waals surface area contributed by atoms with Gasteiger partial charge in [-0.15, -0.1) is 0 Å². The maximum atomic E-state index is 13.2. The number of methoxy groups -OCH3 is 1. The van der Waals surface area contributed by atoms with Crippen molar-refractivity contribution in [3.63, 3.8) is 0 Å². The molecule has 2 aromatic rings. The van der Waals surface area contributed by atoms with Crippen LogP contribution in [-0.2, 0) is 21.2 Å². The minimum atomic E-state index is -3.67. The Morgan fingerprint density at radius 3 is 2.39 bits per heavy atom. The third-order valence-electron chi connectivity index (χ3n) is 4.74. The summed E-state index contributed by atoms with van der Waals surface area (Å²) in [6, 6.07) is 11.8. The van der Waals surface area contributed by atoms with Crippen LogP contribution in [0, 0.1) is 5.41 Å². The molecule has 150 valence electrons. The summed E-state index contributed by atoms with van der Waals surface area (Å²) in [4.78, 5) is 12.5. The van der Waals surface area contributed by atoms with Crippen LogP contribution in [0.5, 0.6) is 5.75 Å². The first-order valence-electron chi connectivity index (χ1n) is 9.24. The molecule has 0 aromatic heterocycles. The number of aryl methyl sites for hydroxylation is 1. The molecule has 0 saturated heterocycles. The van der Waals surface area contributed by atoms with E-state index in [0.29, 0.717) is 23.7 Å². The number of nitrogens with zero attached hydrogens (tertiary/aromatic N) is 1. The molecule has 7 heteroatoms. The molecule has 0 aliphatic carbocycles. The zero-order valence-corrected chi connectivity index (χ0v) is 17.5. The number of hydrogen-bond donors (Lipinski definition) is 1. The van der Waals surface area contributed by atoms with Crippen LogP contribution in [0.15, 0.2) is 47.4 Å². The van der Waals surface area contributed by atoms with E-state index in [0.717, 1.165) is 18.4 Å². The van der Waals surface area contributed by atoms with Gasteiger partial charge in [-0.05, 0) is 60.9 Å². The predicted molar refractivity (Wildman–Crippen MR) is 110 cm³/mol. The molecule has 28 heavy (non-hydrogen) atoms. The molecule has 1 aliphatic heterocycles. The van der Waals surface area contributed by atoms with Crippen molar-refractivity contribution in [2.45, 2.75) is 38.5 Å². The fourth-order valence-electron chi connectivity index (χ4n) is 3.08. The van der Waals surface area contributed by atoms with Crippen LogP contribution in [0.3, 0.4) is 0 Å². The van der Waals surface area contributed by atoms with E-state index >= 15 is 0 Å². The third-order valence-corrected chi connectivity index (χ3v) is 6.57. The minimum absolute atomic E-state index is 0.0778. The van der Waals surface area contributed by atoms with Gasteiger partial charge in [0.2, 0.25) is 5.91 Å². The Balaban J connectivity index is 1.91. The zero-order chi connectivity index (χ0) is 20.5. The molecule has 0 saturated carbocycles. The van der Waals surface area contributed by atoms with Crippen LogP contribution in [-0.4, -0.2) is 28.0 Å². The van der Waals surface area contributed by atoms with Crippen LogP contribution in [0.2, 0.25) is 0 Å². The van der Waals surface area contributed by atoms with Gasteiger partial charge in [-0.1, -0.05) is 20.8 Å². The predicted octanol–water partition coefficient (Wildman–Crippen LogP) is 3.82. The van der Waals surface area contributed by atoms with Gasteiger partial charge in [-0.3, -0.25) is 9.10 Å². The summed E-state index contributed by atoms with van der Waals surface area (Å²) in [7, 11) is -2.13. The van der Waals surface area contributed by atoms with Gasteiger partial charge < -0.3 is 10.1 Å². The molecule has 1 aliphatic rings. The lowest BCUT2D eigenvalue weighted by molar-refractivity contribution is -0.123. The van der Waals surface area contributed by atoms with Crippen molar-refractivity contribution < 1.29 is 17.9 Å². The molecule has 0 radical (unpaired) electrons. The van der Waals surface area contributed by atoms with Crippen molar-refractivity contribution in [1.29, 1.82) is 0 Å². The average molecular weight is 403 g/mol. The third kappa shape index (κ3) is 3.99. The Kier molecular flexibility index (Phi) is 5.39. The molecular formula is C21H26N2O4S. The van der Waals surface area contributed by atoms with Crippen LogP contribution >= 0.6 is 0 Å². The molecule has 0 unspecified atom stereocenters. The highest BCUT2D eigenvalue weighted by molar-refractivity contribution is 7.92. The number of amides is 1. The standard InChI is InChI=1S/C21H26N2O4S/c1-21(2,3)20(24)22-16-7-12-19-15(14-16)6-5-13-23(19)28(25,26)18-10-8-17(27-4)9-11-18/h7-12,14H,5-6,13H2,1-4H3,(H,22,24). The van der Waals surface area contributed by atoms with E-state index in [1.54, 1.807) is 43.5 Å². The second-order valence-electron chi connectivity index (χ2n) is 7.90. The number of carbonyl (C=O) groups excluding carboxylic acids is 1. The molecule has 0 fully saturated rings. The monoisotopic (exact) mass is 402 g/mol. The summed E-state index contributed by atoms with van der Waals surface area (Å²) in [5, 5.41) is 2.91. The van der Waals surface area contributed by atoms with Gasteiger partial charge in [-0.2, -0.15) is 0 Å². The van der Waals surface area contributed by atoms with Crippen LogP contribution in [0.25, 0.3) is 0 Å². The average Bonchev–Trinajstić information content (AvgIpc) is 2.66. The second-order valence-corrected chi connectivity index (χ2v) is 9.77. The largest absolute Gasteiger partial charge is 0.497 e. The molecule has 2 aromatic carbocycles. The number of benzene rings is 2. The van der Waals surface area contributed by atoms with Crippen LogP contribution in [0.1, 0.15) is 32.8 Å². The van der Waals surface area contributed by atoms with Gasteiger partial charge in [0.15, 0.2) is 0 Å². The van der Waals surface area contributed by atoms with E-state index in [1.807, 2.05) is 26.8 Å². The lowest BCUT2D eigenvalue weighted by Gasteiger charge is -2.31. The van der Waals surface area contributed by atoms with E-state index in [4.69, 9.17) is 4.74 Å². The summed E-state index contributed by atoms with van der Waals surface area (Å²) >= 11 is 0. The lowest BCUT2D eigenvalue weighted by atomic mass is 9.95. The Morgan fingerprint density at radius 1 is 1.11 bits per heavy atom. The summed E-state index contributed by atoms with van der Waals surface area (Å²) in [5.74, 6) is 0.531. The molecule has 6 nitrogen and oxygen atoms in total. The van der Waals surface area contributed by atoms with Crippen molar-refractivity contribution >= 4 is 27.3 Å². The highest BCUT2D eigenvalue weighted by Crippen LogP contribution is 2.34. The highest BCUT2D eigenvalue weighted by Gasteiger charge is 2.29. The number of hydrogen-bond acceptors (Lipinski definition) is 4. The lowest BCUT2D eigenvalue weighted by Crippen LogP contribution is -2.35. The molecule has 3 rings (SSSR count). The topological polar surface area (TPSA) is 75.7 Å². The molecule has 0 spiro atoms. The number of fused-ring (bicyclic) bond motifs is 1. The number of anilines is 2. The molecular weight excluding hydrogens is 376 g/mol. The van der Waals surface area contributed by atoms with E-state index in [-0.39, 0.29) is 10.8 Å². The first-order valence-corrected chi connectivity index (χ1v) is 10.7. The smallest absolute Gasteiger partial charge is 0.264 e. The minimum Gasteiger partial charge on any atom is -0.497 e. The Morgan fingerprint density at radius 2 is 1.79 bits per heavy atom. The van der Waals surface area contributed by atoms with Gasteiger partial charge in [0.1, 0.15) is 5.75 Å². The van der Waals surface area contributed by atoms with E-state index in [9.17, 15) is 13.2 Å². The van der Waals surface area contributed by atoms with Crippen LogP contribution < -0.4 is 14.4 Å². The number of rotatable bonds is 4. The van der Waals surface area contributed by atoms with Crippen molar-refractivity contribution in [3.05, 3.63) is 48.0 Å². The molecule has 0 bridgehead atoms. The summed E-state index contributed by atoms with van der Waals surface area (Å²) in [5.41, 5.74) is 1.76. The van der Waals surface area contributed by atoms with E-state index in [2.05, 4.69) is 5.32 Å². The molecule has 0 atom stereocenters. The fourth-order valence-corrected chi connectivity index (χ4v) is 4.62. The van der Waals surface area contributed by atoms with Gasteiger partial charge in [0.25, 0.3) is 10.0 Å². The Hall–Kier alpha value is -2.54. The fraction of sp³-hybridized carbons (Fsp3) is 0.381. The Labute approximate surface area is 166 Å². The summed E-state index contributed by atoms with van der Waals surface area (Å²) in [6.45, 7) is 5.98. The molecule has 1 heterocycles. The summed E-state index contributed by atoms with van der Waals surface area (Å²) in [6.07, 6.45) is 1.49. The Bertz CT molecular complexity index is 976. The highest BCUT2D eigenvalue weighted by atomic mass is 32.2. The second kappa shape index (κ2) is 7.47. The quantitative estimate of drug-likeness (QED) is 0.843. The van der Waals surface area contributed by atoms with Gasteiger partial charge in [0, 0.05) is 17.6 Å². The number of carbonyl (C=O) groups is 1. The van der Waals surface area contributed by atoms with Gasteiger partial charge in [-0.25, -0.2) is 8.42 Å². The first-order chi connectivity index (χ1) is 13.1. The van der Waals surface area contributed by atoms with Gasteiger partial charge >= 0.3 is 0 Å². The maximum Gasteiger partial charge on any atom is 0.264 e. The summed E-state index contributed by atoms with van der Waals surface area (Å²) < 4.78 is 32.9. The first kappa shape index (κ1) is 20.2. The van der Waals surface area contributed by atoms with E-state index < -0.39 is 15.4 Å². The van der Waals surface area contributed by atoms with Crippen molar-refractivity contribution in [1.82, 2.24) is 0 Å². The maximum absolute atomic E-state index is 13.2. The number of sulfonamides is 1. The number of ether oxygens (including phenoxy) is 1. The van der Waals surface area contributed by atoms with E-state index in [1.165, 1.54) is 4.31 Å². The SMILES string of the molecule is COc1ccc(S(=O)(=O)N2CCCc3cc(NC(=O)C(C)(C)C)ccc32)cc1.